The van der Waals surface area contributed by atoms with E-state index >= 15 is 0 Å². The summed E-state index contributed by atoms with van der Waals surface area (Å²) in [5.74, 6) is 0. The summed E-state index contributed by atoms with van der Waals surface area (Å²) in [6.07, 6.45) is 0. The minimum Gasteiger partial charge on any atom is -0.392 e. The van der Waals surface area contributed by atoms with E-state index < -0.39 is 0 Å². The zero-order chi connectivity index (χ0) is 22.7. The van der Waals surface area contributed by atoms with Crippen molar-refractivity contribution in [2.75, 3.05) is 0 Å². The summed E-state index contributed by atoms with van der Waals surface area (Å²) in [5, 5.41) is 29.8. The molecule has 0 spiro atoms. The summed E-state index contributed by atoms with van der Waals surface area (Å²) in [6, 6.07) is 19.4. The van der Waals surface area contributed by atoms with Gasteiger partial charge in [-0.05, 0) is 50.1 Å². The van der Waals surface area contributed by atoms with Crippen LogP contribution >= 0.6 is 0 Å². The van der Waals surface area contributed by atoms with Gasteiger partial charge >= 0.3 is 0 Å². The van der Waals surface area contributed by atoms with Gasteiger partial charge in [0.15, 0.2) is 0 Å². The first-order valence-corrected chi connectivity index (χ1v) is 11.5. The second kappa shape index (κ2) is 5.91. The molecule has 32 heavy (non-hydrogen) atoms. The highest BCUT2D eigenvalue weighted by Crippen LogP contribution is 2.82. The van der Waals surface area contributed by atoms with E-state index in [1.807, 2.05) is 0 Å². The molecule has 0 aromatic heterocycles. The van der Waals surface area contributed by atoms with E-state index in [2.05, 4.69) is 82.3 Å². The number of fused-ring (bicyclic) bond motifs is 9. The van der Waals surface area contributed by atoms with Gasteiger partial charge in [0.2, 0.25) is 0 Å². The van der Waals surface area contributed by atoms with Crippen molar-refractivity contribution < 1.29 is 15.3 Å². The zero-order valence-electron chi connectivity index (χ0n) is 19.2. The Morgan fingerprint density at radius 2 is 0.750 bits per heavy atom. The van der Waals surface area contributed by atoms with Gasteiger partial charge in [-0.25, -0.2) is 0 Å². The summed E-state index contributed by atoms with van der Waals surface area (Å²) in [7, 11) is 0. The zero-order valence-corrected chi connectivity index (χ0v) is 19.2. The molecule has 0 aliphatic heterocycles. The average Bonchev–Trinajstić information content (AvgIpc) is 3.18. The first kappa shape index (κ1) is 20.2. The van der Waals surface area contributed by atoms with Crippen LogP contribution in [0.4, 0.5) is 0 Å². The Labute approximate surface area is 189 Å². The fourth-order valence-corrected chi connectivity index (χ4v) is 8.17. The molecule has 0 radical (unpaired) electrons. The summed E-state index contributed by atoms with van der Waals surface area (Å²) in [6.45, 7) is 9.63. The molecule has 3 N–H and O–H groups in total. The van der Waals surface area contributed by atoms with Gasteiger partial charge in [-0.3, -0.25) is 0 Å². The predicted molar refractivity (Wildman–Crippen MR) is 125 cm³/mol. The second-order valence-electron chi connectivity index (χ2n) is 10.6. The largest absolute Gasteiger partial charge is 0.392 e. The van der Waals surface area contributed by atoms with Crippen molar-refractivity contribution in [2.45, 2.75) is 63.8 Å². The molecule has 0 fully saturated rings. The lowest BCUT2D eigenvalue weighted by Gasteiger charge is -2.49. The molecular formula is C29H30O3. The second-order valence-corrected chi connectivity index (χ2v) is 10.6. The van der Waals surface area contributed by atoms with Crippen LogP contribution in [0, 0.1) is 5.41 Å². The Bertz CT molecular complexity index is 1150. The normalized spacial score (nSPS) is 33.1. The fraction of sp³-hybridized carbons (Fsp3) is 0.379. The molecule has 3 heteroatoms. The maximum absolute atomic E-state index is 9.94. The molecule has 3 aliphatic carbocycles. The van der Waals surface area contributed by atoms with Crippen molar-refractivity contribution in [1.29, 1.82) is 0 Å². The molecule has 0 amide bonds. The van der Waals surface area contributed by atoms with E-state index in [9.17, 15) is 15.3 Å². The molecule has 0 bridgehead atoms. The monoisotopic (exact) mass is 426 g/mol. The van der Waals surface area contributed by atoms with E-state index in [-0.39, 0.29) is 41.5 Å². The predicted octanol–water partition coefficient (Wildman–Crippen LogP) is 4.43. The van der Waals surface area contributed by atoms with Gasteiger partial charge in [0, 0.05) is 21.7 Å². The molecule has 3 aromatic rings. The maximum atomic E-state index is 9.94. The summed E-state index contributed by atoms with van der Waals surface area (Å²) >= 11 is 0. The Kier molecular flexibility index (Phi) is 3.72. The molecule has 3 aliphatic rings. The Hall–Kier alpha value is -2.46. The van der Waals surface area contributed by atoms with Gasteiger partial charge in [0.25, 0.3) is 0 Å². The highest BCUT2D eigenvalue weighted by Gasteiger charge is 2.79. The van der Waals surface area contributed by atoms with Gasteiger partial charge in [-0.1, -0.05) is 82.3 Å². The van der Waals surface area contributed by atoms with Crippen LogP contribution in [0.1, 0.15) is 77.8 Å². The first-order chi connectivity index (χ1) is 15.2. The summed E-state index contributed by atoms with van der Waals surface area (Å²) in [4.78, 5) is 0. The number of aliphatic hydroxyl groups is 3. The highest BCUT2D eigenvalue weighted by atomic mass is 16.3. The van der Waals surface area contributed by atoms with Crippen molar-refractivity contribution in [2.24, 2.45) is 5.41 Å². The van der Waals surface area contributed by atoms with E-state index in [0.717, 1.165) is 16.7 Å². The lowest BCUT2D eigenvalue weighted by atomic mass is 9.52. The number of benzene rings is 3. The van der Waals surface area contributed by atoms with Gasteiger partial charge in [-0.15, -0.1) is 0 Å². The third-order valence-electron chi connectivity index (χ3n) is 10.0. The molecular weight excluding hydrogens is 396 g/mol. The van der Waals surface area contributed by atoms with Crippen molar-refractivity contribution in [3.05, 3.63) is 105 Å². The van der Waals surface area contributed by atoms with Crippen molar-refractivity contribution in [3.8, 4) is 0 Å². The first-order valence-electron chi connectivity index (χ1n) is 11.5. The van der Waals surface area contributed by atoms with Gasteiger partial charge in [0.05, 0.1) is 19.8 Å². The standard InChI is InChI=1S/C29H30O3/c1-26-20-8-5-18(15-31)12-24(20)28(3)22-10-7-19(16-32)13-25(22)27(2,29(26,28)4)21-9-6-17(14-30)11-23(21)26/h5-13,30-32H,14-16H2,1-4H3/t26-,27-,28-,29?/m1/s1. The van der Waals surface area contributed by atoms with E-state index in [4.69, 9.17) is 0 Å². The van der Waals surface area contributed by atoms with Crippen LogP contribution in [0.15, 0.2) is 54.6 Å². The number of hydrogen-bond donors (Lipinski definition) is 3. The van der Waals surface area contributed by atoms with Crippen molar-refractivity contribution in [1.82, 2.24) is 0 Å². The van der Waals surface area contributed by atoms with Crippen LogP contribution in [0.25, 0.3) is 0 Å². The summed E-state index contributed by atoms with van der Waals surface area (Å²) < 4.78 is 0. The molecule has 0 saturated carbocycles. The molecule has 0 saturated heterocycles. The molecule has 164 valence electrons. The molecule has 3 atom stereocenters. The molecule has 6 rings (SSSR count). The van der Waals surface area contributed by atoms with E-state index in [1.165, 1.54) is 33.4 Å². The molecule has 3 aromatic carbocycles. The Morgan fingerprint density at radius 1 is 0.469 bits per heavy atom. The van der Waals surface area contributed by atoms with Gasteiger partial charge < -0.3 is 15.3 Å². The quantitative estimate of drug-likeness (QED) is 0.581. The lowest BCUT2D eigenvalue weighted by molar-refractivity contribution is 0.0996. The summed E-state index contributed by atoms with van der Waals surface area (Å²) in [5.41, 5.74) is 9.62. The maximum Gasteiger partial charge on any atom is 0.0681 e. The van der Waals surface area contributed by atoms with E-state index in [1.54, 1.807) is 0 Å². The van der Waals surface area contributed by atoms with E-state index in [0.29, 0.717) is 0 Å². The van der Waals surface area contributed by atoms with Gasteiger partial charge in [0.1, 0.15) is 0 Å². The minimum absolute atomic E-state index is 0.0234. The van der Waals surface area contributed by atoms with Crippen molar-refractivity contribution in [3.63, 3.8) is 0 Å². The smallest absolute Gasteiger partial charge is 0.0681 e. The average molecular weight is 427 g/mol. The van der Waals surface area contributed by atoms with Crippen LogP contribution in [0.2, 0.25) is 0 Å². The number of aliphatic hydroxyl groups excluding tert-OH is 3. The van der Waals surface area contributed by atoms with Crippen LogP contribution in [-0.2, 0) is 36.1 Å². The highest BCUT2D eigenvalue weighted by molar-refractivity contribution is 5.77. The third-order valence-corrected chi connectivity index (χ3v) is 10.0. The van der Waals surface area contributed by atoms with Crippen molar-refractivity contribution >= 4 is 0 Å². The number of hydrogen-bond acceptors (Lipinski definition) is 3. The van der Waals surface area contributed by atoms with Crippen LogP contribution < -0.4 is 0 Å². The SMILES string of the molecule is CC12[C@]3(C)c4ccc(CO)cc4[C@@]1(C)c1ccc(CO)cc1[C@@]2(C)c1ccc(CO)cc13. The Balaban J connectivity index is 1.84. The van der Waals surface area contributed by atoms with Crippen LogP contribution in [-0.4, -0.2) is 15.3 Å². The minimum atomic E-state index is -0.265. The van der Waals surface area contributed by atoms with Crippen LogP contribution in [0.3, 0.4) is 0 Å². The lowest BCUT2D eigenvalue weighted by Crippen LogP contribution is -2.51. The third kappa shape index (κ3) is 1.74. The molecule has 0 unspecified atom stereocenters. The Morgan fingerprint density at radius 3 is 1.00 bits per heavy atom. The van der Waals surface area contributed by atoms with Gasteiger partial charge in [-0.2, -0.15) is 0 Å². The topological polar surface area (TPSA) is 60.7 Å². The fourth-order valence-electron chi connectivity index (χ4n) is 8.17. The molecule has 0 heterocycles. The molecule has 3 nitrogen and oxygen atoms in total. The number of rotatable bonds is 3. The van der Waals surface area contributed by atoms with Crippen LogP contribution in [0.5, 0.6) is 0 Å².